The Morgan fingerprint density at radius 3 is 2.64 bits per heavy atom. The Labute approximate surface area is 187 Å². The van der Waals surface area contributed by atoms with Gasteiger partial charge in [-0.3, -0.25) is 24.3 Å². The van der Waals surface area contributed by atoms with Crippen molar-refractivity contribution in [1.29, 1.82) is 0 Å². The minimum Gasteiger partial charge on any atom is -0.456 e. The van der Waals surface area contributed by atoms with Gasteiger partial charge in [0.1, 0.15) is 22.9 Å². The van der Waals surface area contributed by atoms with Crippen LogP contribution in [0.25, 0.3) is 0 Å². The molecule has 0 radical (unpaired) electrons. The average molecular weight is 453 g/mol. The van der Waals surface area contributed by atoms with Gasteiger partial charge in [0.15, 0.2) is 5.82 Å². The Kier molecular flexibility index (Phi) is 5.46. The Hall–Kier alpha value is -4.41. The zero-order valence-corrected chi connectivity index (χ0v) is 17.8. The summed E-state index contributed by atoms with van der Waals surface area (Å²) in [6.45, 7) is 0.867. The first-order valence-corrected chi connectivity index (χ1v) is 9.92. The van der Waals surface area contributed by atoms with Crippen LogP contribution < -0.4 is 26.2 Å². The summed E-state index contributed by atoms with van der Waals surface area (Å²) < 4.78 is 21.4. The first-order valence-electron chi connectivity index (χ1n) is 9.92. The van der Waals surface area contributed by atoms with Crippen LogP contribution in [0.5, 0.6) is 11.5 Å². The highest BCUT2D eigenvalue weighted by atomic mass is 19.1. The first kappa shape index (κ1) is 21.8. The highest BCUT2D eigenvalue weighted by Crippen LogP contribution is 2.35. The normalized spacial score (nSPS) is 12.4. The van der Waals surface area contributed by atoms with Crippen LogP contribution in [0, 0.1) is 15.9 Å². The van der Waals surface area contributed by atoms with Crippen molar-refractivity contribution in [2.75, 3.05) is 23.8 Å². The summed E-state index contributed by atoms with van der Waals surface area (Å²) in [6, 6.07) is 9.50. The lowest BCUT2D eigenvalue weighted by atomic mass is 10.1. The van der Waals surface area contributed by atoms with Crippen molar-refractivity contribution in [3.63, 3.8) is 0 Å². The molecule has 1 aromatic heterocycles. The molecule has 0 saturated carbocycles. The van der Waals surface area contributed by atoms with Crippen LogP contribution in [0.1, 0.15) is 15.9 Å². The van der Waals surface area contributed by atoms with E-state index in [0.717, 1.165) is 53.0 Å². The number of halogens is 1. The second-order valence-electron chi connectivity index (χ2n) is 7.60. The summed E-state index contributed by atoms with van der Waals surface area (Å²) in [5.41, 5.74) is 6.37. The van der Waals surface area contributed by atoms with Crippen LogP contribution in [0.3, 0.4) is 0 Å². The molecule has 0 unspecified atom stereocenters. The molecule has 0 saturated heterocycles. The molecule has 2 aromatic carbocycles. The number of carbonyl (C=O) groups excluding carboxylic acids is 1. The summed E-state index contributed by atoms with van der Waals surface area (Å²) >= 11 is 0. The van der Waals surface area contributed by atoms with E-state index in [0.29, 0.717) is 5.75 Å². The number of pyridine rings is 1. The lowest BCUT2D eigenvalue weighted by Gasteiger charge is -2.18. The zero-order valence-electron chi connectivity index (χ0n) is 17.8. The summed E-state index contributed by atoms with van der Waals surface area (Å²) in [7, 11) is 3.35. The summed E-state index contributed by atoms with van der Waals surface area (Å²) in [6.07, 6.45) is 0.828. The molecule has 10 nitrogen and oxygen atoms in total. The van der Waals surface area contributed by atoms with E-state index in [1.807, 2.05) is 19.2 Å². The highest BCUT2D eigenvalue weighted by molar-refractivity contribution is 6.01. The first-order chi connectivity index (χ1) is 15.7. The fraction of sp³-hybridized carbons (Fsp3) is 0.182. The quantitative estimate of drug-likeness (QED) is 0.433. The third kappa shape index (κ3) is 4.07. The van der Waals surface area contributed by atoms with Crippen molar-refractivity contribution in [3.8, 4) is 11.5 Å². The number of ether oxygens (including phenoxy) is 1. The number of nitrogens with two attached hydrogens (primary N) is 1. The molecule has 3 N–H and O–H groups in total. The molecule has 1 aliphatic rings. The molecule has 0 bridgehead atoms. The molecule has 3 aromatic rings. The summed E-state index contributed by atoms with van der Waals surface area (Å²) in [4.78, 5) is 37.2. The van der Waals surface area contributed by atoms with Crippen molar-refractivity contribution >= 4 is 28.8 Å². The molecule has 4 rings (SSSR count). The molecule has 1 aliphatic heterocycles. The number of carbonyl (C=O) groups is 1. The molecular weight excluding hydrogens is 433 g/mol. The van der Waals surface area contributed by atoms with Gasteiger partial charge in [0, 0.05) is 38.5 Å². The SMILES string of the molecule is CN1CCc2cc(Oc3cc(=O)n(C)c(Nc4ccc([N+](=O)[O-])cc4F)c3C(N)=O)ccc21. The predicted molar refractivity (Wildman–Crippen MR) is 120 cm³/mol. The fourth-order valence-corrected chi connectivity index (χ4v) is 3.72. The van der Waals surface area contributed by atoms with E-state index < -0.39 is 27.9 Å². The van der Waals surface area contributed by atoms with Gasteiger partial charge < -0.3 is 20.7 Å². The predicted octanol–water partition coefficient (Wildman–Crippen LogP) is 3.06. The maximum atomic E-state index is 14.5. The fourth-order valence-electron chi connectivity index (χ4n) is 3.72. The molecule has 0 spiro atoms. The van der Waals surface area contributed by atoms with Crippen molar-refractivity contribution in [1.82, 2.24) is 4.57 Å². The molecule has 11 heteroatoms. The van der Waals surface area contributed by atoms with E-state index in [9.17, 15) is 24.1 Å². The van der Waals surface area contributed by atoms with Gasteiger partial charge in [0.2, 0.25) is 0 Å². The molecule has 0 fully saturated rings. The second kappa shape index (κ2) is 8.26. The summed E-state index contributed by atoms with van der Waals surface area (Å²) in [5, 5.41) is 13.5. The number of nitro benzene ring substituents is 1. The number of benzene rings is 2. The van der Waals surface area contributed by atoms with E-state index >= 15 is 0 Å². The van der Waals surface area contributed by atoms with Gasteiger partial charge in [-0.05, 0) is 36.2 Å². The number of rotatable bonds is 6. The van der Waals surface area contributed by atoms with Crippen LogP contribution in [0.15, 0.2) is 47.3 Å². The van der Waals surface area contributed by atoms with Gasteiger partial charge in [-0.1, -0.05) is 0 Å². The van der Waals surface area contributed by atoms with Gasteiger partial charge in [-0.2, -0.15) is 0 Å². The molecule has 0 aliphatic carbocycles. The molecule has 33 heavy (non-hydrogen) atoms. The van der Waals surface area contributed by atoms with E-state index in [1.165, 1.54) is 7.05 Å². The zero-order chi connectivity index (χ0) is 23.9. The number of nitrogens with zero attached hydrogens (tertiary/aromatic N) is 3. The average Bonchev–Trinajstić information content (AvgIpc) is 3.12. The van der Waals surface area contributed by atoms with Crippen LogP contribution in [0.4, 0.5) is 27.3 Å². The Morgan fingerprint density at radius 2 is 1.97 bits per heavy atom. The number of aromatic nitrogens is 1. The number of primary amides is 1. The maximum absolute atomic E-state index is 14.5. The Bertz CT molecular complexity index is 1350. The third-order valence-electron chi connectivity index (χ3n) is 5.47. The van der Waals surface area contributed by atoms with E-state index in [2.05, 4.69) is 10.2 Å². The highest BCUT2D eigenvalue weighted by Gasteiger charge is 2.23. The molecular formula is C22H20FN5O5. The number of nitrogens with one attached hydrogen (secondary N) is 1. The summed E-state index contributed by atoms with van der Waals surface area (Å²) in [5.74, 6) is -1.65. The smallest absolute Gasteiger partial charge is 0.272 e. The second-order valence-corrected chi connectivity index (χ2v) is 7.60. The molecule has 0 atom stereocenters. The number of likely N-dealkylation sites (N-methyl/N-ethyl adjacent to an activating group) is 1. The van der Waals surface area contributed by atoms with Gasteiger partial charge in [0.05, 0.1) is 16.7 Å². The maximum Gasteiger partial charge on any atom is 0.272 e. The van der Waals surface area contributed by atoms with Crippen LogP contribution in [0.2, 0.25) is 0 Å². The van der Waals surface area contributed by atoms with Gasteiger partial charge in [0.25, 0.3) is 17.2 Å². The lowest BCUT2D eigenvalue weighted by molar-refractivity contribution is -0.385. The molecule has 1 amide bonds. The van der Waals surface area contributed by atoms with Crippen molar-refractivity contribution in [3.05, 3.63) is 79.9 Å². The third-order valence-corrected chi connectivity index (χ3v) is 5.47. The van der Waals surface area contributed by atoms with Crippen LogP contribution in [-0.2, 0) is 13.5 Å². The van der Waals surface area contributed by atoms with Gasteiger partial charge >= 0.3 is 0 Å². The molecule has 2 heterocycles. The number of hydrogen-bond donors (Lipinski definition) is 2. The van der Waals surface area contributed by atoms with Gasteiger partial charge in [-0.15, -0.1) is 0 Å². The number of non-ortho nitro benzene ring substituents is 1. The van der Waals surface area contributed by atoms with E-state index in [-0.39, 0.29) is 22.8 Å². The lowest BCUT2D eigenvalue weighted by Crippen LogP contribution is -2.25. The van der Waals surface area contributed by atoms with Crippen LogP contribution in [-0.4, -0.2) is 29.0 Å². The standard InChI is InChI=1S/C22H20FN5O5/c1-26-8-7-12-9-14(4-6-17(12)26)33-18-11-19(29)27(2)22(20(18)21(24)30)25-16-5-3-13(28(31)32)10-15(16)23/h3-6,9-11,25H,7-8H2,1-2H3,(H2,24,30). The number of hydrogen-bond acceptors (Lipinski definition) is 7. The number of nitro groups is 1. The number of anilines is 3. The Morgan fingerprint density at radius 1 is 1.21 bits per heavy atom. The van der Waals surface area contributed by atoms with Gasteiger partial charge in [-0.25, -0.2) is 4.39 Å². The van der Waals surface area contributed by atoms with Crippen molar-refractivity contribution < 1.29 is 18.8 Å². The van der Waals surface area contributed by atoms with Crippen molar-refractivity contribution in [2.45, 2.75) is 6.42 Å². The number of amides is 1. The minimum absolute atomic E-state index is 0.0956. The van der Waals surface area contributed by atoms with Crippen molar-refractivity contribution in [2.24, 2.45) is 12.8 Å². The van der Waals surface area contributed by atoms with E-state index in [4.69, 9.17) is 10.5 Å². The minimum atomic E-state index is -0.943. The van der Waals surface area contributed by atoms with E-state index in [1.54, 1.807) is 6.07 Å². The monoisotopic (exact) mass is 453 g/mol. The topological polar surface area (TPSA) is 133 Å². The largest absolute Gasteiger partial charge is 0.456 e. The Balaban J connectivity index is 1.77. The molecule has 170 valence electrons. The number of fused-ring (bicyclic) bond motifs is 1. The van der Waals surface area contributed by atoms with Crippen LogP contribution >= 0.6 is 0 Å².